The van der Waals surface area contributed by atoms with Gasteiger partial charge in [-0.15, -0.1) is 0 Å². The molecule has 2 heterocycles. The van der Waals surface area contributed by atoms with Gasteiger partial charge in [-0.05, 0) is 46.5 Å². The van der Waals surface area contributed by atoms with Crippen molar-refractivity contribution in [2.24, 2.45) is 5.92 Å². The third kappa shape index (κ3) is 2.90. The van der Waals surface area contributed by atoms with Crippen molar-refractivity contribution < 1.29 is 9.32 Å². The van der Waals surface area contributed by atoms with Crippen molar-refractivity contribution in [2.75, 3.05) is 5.32 Å². The third-order valence-corrected chi connectivity index (χ3v) is 4.75. The van der Waals surface area contributed by atoms with Gasteiger partial charge in [-0.1, -0.05) is 5.16 Å². The van der Waals surface area contributed by atoms with Gasteiger partial charge in [-0.2, -0.15) is 4.37 Å². The summed E-state index contributed by atoms with van der Waals surface area (Å²) in [4.78, 5) is 17.0. The fraction of sp³-hybridized carbons (Fsp3) is 0.600. The van der Waals surface area contributed by atoms with Gasteiger partial charge in [0.2, 0.25) is 11.0 Å². The Morgan fingerprint density at radius 1 is 1.41 bits per heavy atom. The van der Waals surface area contributed by atoms with Crippen LogP contribution in [-0.2, 0) is 16.6 Å². The summed E-state index contributed by atoms with van der Waals surface area (Å²) in [7, 11) is 0. The van der Waals surface area contributed by atoms with Crippen LogP contribution in [0, 0.1) is 19.8 Å². The van der Waals surface area contributed by atoms with Crippen LogP contribution in [0.5, 0.6) is 0 Å². The van der Waals surface area contributed by atoms with Crippen LogP contribution in [0.2, 0.25) is 0 Å². The molecule has 0 saturated heterocycles. The van der Waals surface area contributed by atoms with Crippen molar-refractivity contribution >= 4 is 22.6 Å². The number of nitrogens with one attached hydrogen (secondary N) is 1. The SMILES string of the molecule is Cc1noc(C)c1C(C)(C)C(=O)Nc1nc(CC2CC2)ns1. The summed E-state index contributed by atoms with van der Waals surface area (Å²) >= 11 is 1.24. The van der Waals surface area contributed by atoms with Gasteiger partial charge in [0.1, 0.15) is 11.6 Å². The Bertz CT molecular complexity index is 681. The molecule has 7 heteroatoms. The van der Waals surface area contributed by atoms with E-state index in [4.69, 9.17) is 4.52 Å². The van der Waals surface area contributed by atoms with Gasteiger partial charge < -0.3 is 4.52 Å². The minimum Gasteiger partial charge on any atom is -0.361 e. The van der Waals surface area contributed by atoms with Crippen molar-refractivity contribution in [2.45, 2.75) is 52.4 Å². The molecule has 0 aromatic carbocycles. The summed E-state index contributed by atoms with van der Waals surface area (Å²) in [5.41, 5.74) is 0.827. The van der Waals surface area contributed by atoms with E-state index in [0.29, 0.717) is 10.9 Å². The maximum atomic E-state index is 12.6. The number of hydrogen-bond donors (Lipinski definition) is 1. The lowest BCUT2D eigenvalue weighted by Crippen LogP contribution is -2.35. The molecule has 1 aliphatic rings. The number of amides is 1. The predicted octanol–water partition coefficient (Wildman–Crippen LogP) is 3.01. The highest BCUT2D eigenvalue weighted by molar-refractivity contribution is 7.09. The van der Waals surface area contributed by atoms with Crippen LogP contribution in [0.3, 0.4) is 0 Å². The summed E-state index contributed by atoms with van der Waals surface area (Å²) in [6.07, 6.45) is 3.44. The van der Waals surface area contributed by atoms with E-state index >= 15 is 0 Å². The molecule has 2 aromatic rings. The molecule has 0 radical (unpaired) electrons. The van der Waals surface area contributed by atoms with Gasteiger partial charge in [0.05, 0.1) is 11.1 Å². The molecule has 1 saturated carbocycles. The summed E-state index contributed by atoms with van der Waals surface area (Å²) in [6, 6.07) is 0. The second-order valence-electron chi connectivity index (χ2n) is 6.44. The first-order valence-corrected chi connectivity index (χ1v) is 8.22. The van der Waals surface area contributed by atoms with Crippen molar-refractivity contribution in [1.29, 1.82) is 0 Å². The Balaban J connectivity index is 1.74. The lowest BCUT2D eigenvalue weighted by atomic mass is 9.82. The normalized spacial score (nSPS) is 15.1. The summed E-state index contributed by atoms with van der Waals surface area (Å²) in [5.74, 6) is 2.11. The minimum atomic E-state index is -0.740. The smallest absolute Gasteiger partial charge is 0.236 e. The van der Waals surface area contributed by atoms with Crippen LogP contribution in [-0.4, -0.2) is 20.4 Å². The Morgan fingerprint density at radius 3 is 2.73 bits per heavy atom. The molecule has 0 aliphatic heterocycles. The van der Waals surface area contributed by atoms with Crippen LogP contribution in [0.25, 0.3) is 0 Å². The number of carbonyl (C=O) groups excluding carboxylic acids is 1. The monoisotopic (exact) mass is 320 g/mol. The third-order valence-electron chi connectivity index (χ3n) is 4.08. The average molecular weight is 320 g/mol. The maximum Gasteiger partial charge on any atom is 0.236 e. The fourth-order valence-electron chi connectivity index (χ4n) is 2.71. The first kappa shape index (κ1) is 15.1. The molecule has 118 valence electrons. The molecule has 0 unspecified atom stereocenters. The number of aryl methyl sites for hydroxylation is 2. The van der Waals surface area contributed by atoms with Crippen LogP contribution in [0.4, 0.5) is 5.13 Å². The second-order valence-corrected chi connectivity index (χ2v) is 7.19. The zero-order valence-corrected chi connectivity index (χ0v) is 14.1. The van der Waals surface area contributed by atoms with Gasteiger partial charge in [0, 0.05) is 23.5 Å². The molecule has 3 rings (SSSR count). The molecular formula is C15H20N4O2S. The first-order chi connectivity index (χ1) is 10.4. The van der Waals surface area contributed by atoms with Crippen molar-refractivity contribution in [3.8, 4) is 0 Å². The zero-order chi connectivity index (χ0) is 15.9. The van der Waals surface area contributed by atoms with Crippen molar-refractivity contribution in [3.05, 3.63) is 22.8 Å². The van der Waals surface area contributed by atoms with Gasteiger partial charge in [-0.3, -0.25) is 10.1 Å². The molecule has 0 bridgehead atoms. The summed E-state index contributed by atoms with van der Waals surface area (Å²) in [5, 5.41) is 7.37. The van der Waals surface area contributed by atoms with E-state index in [2.05, 4.69) is 19.8 Å². The number of rotatable bonds is 5. The van der Waals surface area contributed by atoms with Gasteiger partial charge in [0.25, 0.3) is 0 Å². The molecule has 2 aromatic heterocycles. The largest absolute Gasteiger partial charge is 0.361 e. The molecule has 0 spiro atoms. The number of nitrogens with zero attached hydrogens (tertiary/aromatic N) is 3. The predicted molar refractivity (Wildman–Crippen MR) is 84.0 cm³/mol. The van der Waals surface area contributed by atoms with Crippen LogP contribution >= 0.6 is 11.5 Å². The Hall–Kier alpha value is -1.76. The molecule has 1 amide bonds. The topological polar surface area (TPSA) is 80.9 Å². The Kier molecular flexibility index (Phi) is 3.76. The molecule has 22 heavy (non-hydrogen) atoms. The minimum absolute atomic E-state index is 0.129. The standard InChI is InChI=1S/C15H20N4O2S/c1-8-12(9(2)21-18-8)15(3,4)13(20)17-14-16-11(19-22-14)7-10-5-6-10/h10H,5-7H2,1-4H3,(H,16,17,19,20). The van der Waals surface area contributed by atoms with Gasteiger partial charge in [0.15, 0.2) is 0 Å². The lowest BCUT2D eigenvalue weighted by Gasteiger charge is -2.22. The number of carbonyl (C=O) groups is 1. The van der Waals surface area contributed by atoms with E-state index in [1.165, 1.54) is 24.4 Å². The number of anilines is 1. The van der Waals surface area contributed by atoms with Crippen LogP contribution in [0.15, 0.2) is 4.52 Å². The fourth-order valence-corrected chi connectivity index (χ4v) is 3.30. The summed E-state index contributed by atoms with van der Waals surface area (Å²) in [6.45, 7) is 7.39. The lowest BCUT2D eigenvalue weighted by molar-refractivity contribution is -0.120. The van der Waals surface area contributed by atoms with Crippen LogP contribution < -0.4 is 5.32 Å². The maximum absolute atomic E-state index is 12.6. The molecule has 0 atom stereocenters. The van der Waals surface area contributed by atoms with E-state index in [1.807, 2.05) is 27.7 Å². The molecule has 1 fully saturated rings. The second kappa shape index (κ2) is 5.46. The quantitative estimate of drug-likeness (QED) is 0.916. The highest BCUT2D eigenvalue weighted by Crippen LogP contribution is 2.33. The highest BCUT2D eigenvalue weighted by Gasteiger charge is 2.36. The number of aromatic nitrogens is 3. The van der Waals surface area contributed by atoms with E-state index in [9.17, 15) is 4.79 Å². The average Bonchev–Trinajstić information content (AvgIpc) is 3.04. The van der Waals surface area contributed by atoms with Gasteiger partial charge in [-0.25, -0.2) is 4.98 Å². The van der Waals surface area contributed by atoms with Crippen molar-refractivity contribution in [1.82, 2.24) is 14.5 Å². The number of hydrogen-bond acceptors (Lipinski definition) is 6. The van der Waals surface area contributed by atoms with Crippen molar-refractivity contribution in [3.63, 3.8) is 0 Å². The van der Waals surface area contributed by atoms with Gasteiger partial charge >= 0.3 is 0 Å². The van der Waals surface area contributed by atoms with E-state index in [1.54, 1.807) is 0 Å². The molecule has 6 nitrogen and oxygen atoms in total. The highest BCUT2D eigenvalue weighted by atomic mass is 32.1. The van der Waals surface area contributed by atoms with Crippen LogP contribution in [0.1, 0.15) is 49.5 Å². The van der Waals surface area contributed by atoms with E-state index < -0.39 is 5.41 Å². The Morgan fingerprint density at radius 2 is 2.14 bits per heavy atom. The molecule has 1 N–H and O–H groups in total. The Labute approximate surface area is 133 Å². The molecular weight excluding hydrogens is 300 g/mol. The first-order valence-electron chi connectivity index (χ1n) is 7.45. The van der Waals surface area contributed by atoms with E-state index in [0.717, 1.165) is 29.4 Å². The van der Waals surface area contributed by atoms with E-state index in [-0.39, 0.29) is 5.91 Å². The summed E-state index contributed by atoms with van der Waals surface area (Å²) < 4.78 is 9.50. The zero-order valence-electron chi connectivity index (χ0n) is 13.3. The molecule has 1 aliphatic carbocycles.